The van der Waals surface area contributed by atoms with Gasteiger partial charge in [-0.15, -0.1) is 0 Å². The Bertz CT molecular complexity index is 3100. The van der Waals surface area contributed by atoms with Crippen molar-refractivity contribution < 1.29 is 86.0 Å². The van der Waals surface area contributed by atoms with Gasteiger partial charge in [0.2, 0.25) is 18.1 Å². The Morgan fingerprint density at radius 3 is 2.49 bits per heavy atom. The third-order valence-electron chi connectivity index (χ3n) is 13.3. The van der Waals surface area contributed by atoms with Crippen LogP contribution in [0.5, 0.6) is 5.75 Å². The SMILES string of the molecule is CC[C@@]1(O)C(=O)OCc2c1cc1n(c2=O)Cc2c-1nc1cc(F)c(C)c3c1c2[C@@H](NC(=O)COCN(CCS(C)(=O)=O)C(=O)OCc1ccc(O[C@@H]2OC(C(=O)O)[C@@H](O)C(O)[C@@H]2O)c(NC(=O)CNC)c1)CC3. The monoisotopic (exact) mass is 1040 g/mol. The molecule has 1 fully saturated rings. The highest BCUT2D eigenvalue weighted by molar-refractivity contribution is 7.90. The number of hydrogen-bond acceptors (Lipinski definition) is 19. The lowest BCUT2D eigenvalue weighted by atomic mass is 9.81. The number of ether oxygens (including phenoxy) is 5. The number of nitrogens with one attached hydrogen (secondary N) is 3. The molecular formula is C47H53FN6O18S. The summed E-state index contributed by atoms with van der Waals surface area (Å²) in [5, 5.41) is 60.5. The maximum Gasteiger partial charge on any atom is 0.411 e. The zero-order valence-corrected chi connectivity index (χ0v) is 40.6. The molecule has 3 aliphatic heterocycles. The minimum atomic E-state index is -3.65. The van der Waals surface area contributed by atoms with Crippen molar-refractivity contribution in [2.75, 3.05) is 50.8 Å². The van der Waals surface area contributed by atoms with Crippen LogP contribution < -0.4 is 26.2 Å². The van der Waals surface area contributed by atoms with Crippen LogP contribution in [0.1, 0.15) is 64.8 Å². The summed E-state index contributed by atoms with van der Waals surface area (Å²) < 4.78 is 68.5. The number of aromatic nitrogens is 2. The van der Waals surface area contributed by atoms with E-state index in [2.05, 4.69) is 16.0 Å². The zero-order valence-electron chi connectivity index (χ0n) is 39.8. The van der Waals surface area contributed by atoms with E-state index in [-0.39, 0.29) is 65.5 Å². The number of carboxylic acids is 1. The summed E-state index contributed by atoms with van der Waals surface area (Å²) in [6.07, 6.45) is -9.27. The first-order chi connectivity index (χ1) is 34.5. The summed E-state index contributed by atoms with van der Waals surface area (Å²) in [4.78, 5) is 84.1. The number of esters is 1. The van der Waals surface area contributed by atoms with Gasteiger partial charge in [0.1, 0.15) is 66.3 Å². The molecule has 0 bridgehead atoms. The number of amides is 3. The molecule has 1 saturated heterocycles. The van der Waals surface area contributed by atoms with Gasteiger partial charge in [-0.1, -0.05) is 13.0 Å². The predicted molar refractivity (Wildman–Crippen MR) is 250 cm³/mol. The highest BCUT2D eigenvalue weighted by atomic mass is 32.2. The van der Waals surface area contributed by atoms with E-state index in [9.17, 15) is 62.7 Å². The fourth-order valence-corrected chi connectivity index (χ4v) is 9.95. The summed E-state index contributed by atoms with van der Waals surface area (Å²) >= 11 is 0. The highest BCUT2D eigenvalue weighted by Gasteiger charge is 2.49. The van der Waals surface area contributed by atoms with Crippen LogP contribution in [0.15, 0.2) is 35.1 Å². The Morgan fingerprint density at radius 2 is 1.79 bits per heavy atom. The number of fused-ring (bicyclic) bond motifs is 5. The number of rotatable bonds is 17. The number of hydrogen-bond donors (Lipinski definition) is 8. The van der Waals surface area contributed by atoms with Gasteiger partial charge < -0.3 is 69.7 Å². The first-order valence-electron chi connectivity index (χ1n) is 23.0. The number of pyridine rings is 2. The third kappa shape index (κ3) is 10.3. The van der Waals surface area contributed by atoms with E-state index in [0.29, 0.717) is 46.2 Å². The van der Waals surface area contributed by atoms with E-state index < -0.39 is 126 Å². The van der Waals surface area contributed by atoms with Gasteiger partial charge in [-0.3, -0.25) is 19.3 Å². The van der Waals surface area contributed by atoms with E-state index in [1.807, 2.05) is 0 Å². The molecule has 24 nitrogen and oxygen atoms in total. The van der Waals surface area contributed by atoms with E-state index in [0.717, 1.165) is 11.2 Å². The number of sulfone groups is 1. The molecule has 3 amide bonds. The number of aryl methyl sites for hydroxylation is 1. The van der Waals surface area contributed by atoms with Crippen molar-refractivity contribution in [3.63, 3.8) is 0 Å². The van der Waals surface area contributed by atoms with Gasteiger partial charge in [0.15, 0.2) is 11.7 Å². The Morgan fingerprint density at radius 1 is 1.04 bits per heavy atom. The topological polar surface area (TPSA) is 341 Å². The standard InChI is InChI=1S/C47H53FN6O18S/c1-5-47(65)26-13-31-37-24(16-54(31)42(60)25(26)18-69-45(47)63)36-28(8-7-23-21(2)27(48)14-30(52-37)35(23)36)50-34(56)19-68-20-53(10-11-73(4,66)67)46(64)70-17-22-6-9-32(29(12-22)51-33(55)15-49-3)71-44-40(59)38(57)39(58)41(72-44)43(61)62/h6,9,12-14,28,38-41,44,49,57-59,65H,5,7-8,10-11,15-20H2,1-4H3,(H,50,56)(H,51,55)(H,61,62)/t28-,38?,39-,40-,41?,44+,47-/m0/s1. The second-order valence-corrected chi connectivity index (χ2v) is 20.4. The number of carbonyl (C=O) groups is 5. The van der Waals surface area contributed by atoms with Gasteiger partial charge in [0.05, 0.1) is 53.0 Å². The van der Waals surface area contributed by atoms with E-state index in [1.54, 1.807) is 13.8 Å². The highest BCUT2D eigenvalue weighted by Crippen LogP contribution is 2.46. The molecule has 8 N–H and O–H groups in total. The molecule has 5 heterocycles. The van der Waals surface area contributed by atoms with Crippen LogP contribution in [0, 0.1) is 12.7 Å². The van der Waals surface area contributed by atoms with Crippen molar-refractivity contribution in [1.29, 1.82) is 0 Å². The molecular weight excluding hydrogens is 988 g/mol. The fourth-order valence-electron chi connectivity index (χ4n) is 9.40. The lowest BCUT2D eigenvalue weighted by Crippen LogP contribution is -2.61. The number of aliphatic hydroxyl groups is 4. The molecule has 8 rings (SSSR count). The maximum absolute atomic E-state index is 15.4. The van der Waals surface area contributed by atoms with Crippen LogP contribution in [-0.2, 0) is 79.7 Å². The molecule has 2 aromatic heterocycles. The van der Waals surface area contributed by atoms with E-state index in [4.69, 9.17) is 28.7 Å². The quantitative estimate of drug-likeness (QED) is 0.0438. The van der Waals surface area contributed by atoms with Crippen LogP contribution in [0.4, 0.5) is 14.9 Å². The number of halogens is 1. The Kier molecular flexibility index (Phi) is 14.9. The summed E-state index contributed by atoms with van der Waals surface area (Å²) in [5.74, 6) is -4.99. The predicted octanol–water partition coefficient (Wildman–Crippen LogP) is -0.283. The first kappa shape index (κ1) is 52.7. The summed E-state index contributed by atoms with van der Waals surface area (Å²) in [5.41, 5.74) is 0.834. The van der Waals surface area contributed by atoms with Crippen molar-refractivity contribution >= 4 is 56.3 Å². The van der Waals surface area contributed by atoms with Gasteiger partial charge in [-0.25, -0.2) is 32.2 Å². The molecule has 4 aromatic rings. The number of anilines is 1. The molecule has 73 heavy (non-hydrogen) atoms. The molecule has 7 atom stereocenters. The number of aliphatic hydroxyl groups excluding tert-OH is 3. The molecule has 392 valence electrons. The number of likely N-dealkylation sites (N-methyl/N-ethyl adjacent to an activating group) is 1. The van der Waals surface area contributed by atoms with Gasteiger partial charge in [0.25, 0.3) is 5.56 Å². The van der Waals surface area contributed by atoms with Gasteiger partial charge in [-0.05, 0) is 73.7 Å². The summed E-state index contributed by atoms with van der Waals surface area (Å²) in [6.45, 7) is 0.516. The Hall–Kier alpha value is -6.65. The second-order valence-electron chi connectivity index (χ2n) is 18.2. The minimum absolute atomic E-state index is 0.000770. The summed E-state index contributed by atoms with van der Waals surface area (Å²) in [7, 11) is -2.15. The first-order valence-corrected chi connectivity index (χ1v) is 25.1. The lowest BCUT2D eigenvalue weighted by Gasteiger charge is -2.38. The fraction of sp³-hybridized carbons (Fsp3) is 0.468. The van der Waals surface area contributed by atoms with Crippen LogP contribution in [0.3, 0.4) is 0 Å². The molecule has 4 aliphatic rings. The van der Waals surface area contributed by atoms with Crippen molar-refractivity contribution in [2.24, 2.45) is 0 Å². The number of nitrogens with zero attached hydrogens (tertiary/aromatic N) is 3. The normalized spacial score (nSPS) is 22.9. The van der Waals surface area contributed by atoms with Crippen molar-refractivity contribution in [2.45, 2.75) is 95.2 Å². The van der Waals surface area contributed by atoms with E-state index in [1.165, 1.54) is 41.9 Å². The van der Waals surface area contributed by atoms with E-state index >= 15 is 4.39 Å². The molecule has 0 spiro atoms. The molecule has 2 unspecified atom stereocenters. The zero-order chi connectivity index (χ0) is 52.8. The van der Waals surface area contributed by atoms with Crippen LogP contribution in [-0.4, -0.2) is 154 Å². The maximum atomic E-state index is 15.4. The third-order valence-corrected chi connectivity index (χ3v) is 14.2. The van der Waals surface area contributed by atoms with Crippen LogP contribution in [0.2, 0.25) is 0 Å². The smallest absolute Gasteiger partial charge is 0.411 e. The molecule has 0 radical (unpaired) electrons. The van der Waals surface area contributed by atoms with Crippen molar-refractivity contribution in [1.82, 2.24) is 25.1 Å². The van der Waals surface area contributed by atoms with Gasteiger partial charge in [0, 0.05) is 35.4 Å². The molecule has 26 heteroatoms. The minimum Gasteiger partial charge on any atom is -0.479 e. The van der Waals surface area contributed by atoms with Crippen molar-refractivity contribution in [3.8, 4) is 17.1 Å². The summed E-state index contributed by atoms with van der Waals surface area (Å²) in [6, 6.07) is 6.03. The average Bonchev–Trinajstić information content (AvgIpc) is 3.71. The Labute approximate surface area is 414 Å². The number of carbonyl (C=O) groups excluding carboxylic acids is 4. The number of carboxylic acid groups (broad SMARTS) is 1. The second kappa shape index (κ2) is 20.7. The van der Waals surface area contributed by atoms with Gasteiger partial charge >= 0.3 is 18.0 Å². The number of cyclic esters (lactones) is 1. The molecule has 1 aliphatic carbocycles. The van der Waals surface area contributed by atoms with Gasteiger partial charge in [-0.2, -0.15) is 0 Å². The lowest BCUT2D eigenvalue weighted by molar-refractivity contribution is -0.271. The number of aliphatic carboxylic acids is 1. The van der Waals surface area contributed by atoms with Crippen molar-refractivity contribution in [3.05, 3.63) is 85.4 Å². The molecule has 0 saturated carbocycles. The van der Waals surface area contributed by atoms with Crippen LogP contribution >= 0.6 is 0 Å². The molecule has 2 aromatic carbocycles. The average molecular weight is 1040 g/mol. The van der Waals surface area contributed by atoms with Crippen LogP contribution in [0.25, 0.3) is 22.3 Å². The number of benzene rings is 2. The Balaban J connectivity index is 0.981. The largest absolute Gasteiger partial charge is 0.479 e.